The molecule has 0 unspecified atom stereocenters. The molecule has 2 heteroatoms. The molecule has 0 heterocycles. The molecule has 0 fully saturated rings. The third-order valence-corrected chi connectivity index (χ3v) is 2.91. The molecule has 0 atom stereocenters. The predicted molar refractivity (Wildman–Crippen MR) is 73.2 cm³/mol. The van der Waals surface area contributed by atoms with E-state index >= 15 is 0 Å². The van der Waals surface area contributed by atoms with Crippen molar-refractivity contribution in [2.24, 2.45) is 0 Å². The van der Waals surface area contributed by atoms with Crippen molar-refractivity contribution in [1.29, 1.82) is 0 Å². The lowest BCUT2D eigenvalue weighted by Gasteiger charge is -2.00. The molecular weight excluding hydrogens is 212 g/mol. The summed E-state index contributed by atoms with van der Waals surface area (Å²) in [5, 5.41) is 8.47. The molecule has 0 rings (SSSR count). The molecular formula is C15H28O2. The van der Waals surface area contributed by atoms with Crippen LogP contribution in [0, 0.1) is 0 Å². The van der Waals surface area contributed by atoms with Crippen LogP contribution >= 0.6 is 0 Å². The van der Waals surface area contributed by atoms with E-state index in [0.717, 1.165) is 19.3 Å². The van der Waals surface area contributed by atoms with Crippen LogP contribution in [-0.4, -0.2) is 11.1 Å². The van der Waals surface area contributed by atoms with Crippen LogP contribution in [0.4, 0.5) is 0 Å². The molecule has 0 aliphatic rings. The highest BCUT2D eigenvalue weighted by molar-refractivity contribution is 5.66. The summed E-state index contributed by atoms with van der Waals surface area (Å²) in [6.45, 7) is 2.17. The van der Waals surface area contributed by atoms with Gasteiger partial charge in [0.05, 0.1) is 0 Å². The number of hydrogen-bond donors (Lipinski definition) is 1. The molecule has 0 bridgehead atoms. The van der Waals surface area contributed by atoms with Gasteiger partial charge in [-0.3, -0.25) is 4.79 Å². The fourth-order valence-corrected chi connectivity index (χ4v) is 1.88. The Hall–Kier alpha value is -0.790. The summed E-state index contributed by atoms with van der Waals surface area (Å²) in [4.78, 5) is 10.3. The number of hydrogen-bond acceptors (Lipinski definition) is 1. The summed E-state index contributed by atoms with van der Waals surface area (Å²) >= 11 is 0. The minimum absolute atomic E-state index is 0.337. The summed E-state index contributed by atoms with van der Waals surface area (Å²) in [5.74, 6) is -0.662. The van der Waals surface area contributed by atoms with Crippen molar-refractivity contribution >= 4 is 5.97 Å². The normalized spacial score (nSPS) is 11.1. The van der Waals surface area contributed by atoms with Gasteiger partial charge in [-0.1, -0.05) is 57.6 Å². The Kier molecular flexibility index (Phi) is 12.7. The fourth-order valence-electron chi connectivity index (χ4n) is 1.88. The van der Waals surface area contributed by atoms with Crippen LogP contribution in [0.1, 0.15) is 77.6 Å². The lowest BCUT2D eigenvalue weighted by Crippen LogP contribution is -1.93. The lowest BCUT2D eigenvalue weighted by atomic mass is 10.1. The second-order valence-electron chi connectivity index (χ2n) is 4.64. The first-order chi connectivity index (χ1) is 8.27. The second kappa shape index (κ2) is 13.3. The van der Waals surface area contributed by atoms with Crippen molar-refractivity contribution in [3.05, 3.63) is 12.2 Å². The first kappa shape index (κ1) is 16.2. The van der Waals surface area contributed by atoms with E-state index in [0.29, 0.717) is 6.42 Å². The molecule has 0 aromatic carbocycles. The van der Waals surface area contributed by atoms with Gasteiger partial charge in [0.2, 0.25) is 0 Å². The third kappa shape index (κ3) is 15.2. The van der Waals surface area contributed by atoms with E-state index in [4.69, 9.17) is 5.11 Å². The Balaban J connectivity index is 2.98. The molecule has 17 heavy (non-hydrogen) atoms. The van der Waals surface area contributed by atoms with Crippen molar-refractivity contribution in [2.75, 3.05) is 0 Å². The SMILES string of the molecule is CC/C=C/CCCCCCCCCCC(=O)O. The van der Waals surface area contributed by atoms with E-state index in [1.54, 1.807) is 0 Å². The van der Waals surface area contributed by atoms with Crippen LogP contribution in [-0.2, 0) is 4.79 Å². The van der Waals surface area contributed by atoms with E-state index in [-0.39, 0.29) is 0 Å². The molecule has 0 saturated heterocycles. The smallest absolute Gasteiger partial charge is 0.303 e. The summed E-state index contributed by atoms with van der Waals surface area (Å²) in [5.41, 5.74) is 0. The van der Waals surface area contributed by atoms with Gasteiger partial charge in [-0.2, -0.15) is 0 Å². The van der Waals surface area contributed by atoms with Crippen molar-refractivity contribution in [2.45, 2.75) is 77.6 Å². The molecule has 0 aliphatic carbocycles. The zero-order chi connectivity index (χ0) is 12.8. The van der Waals surface area contributed by atoms with Crippen LogP contribution in [0.5, 0.6) is 0 Å². The first-order valence-corrected chi connectivity index (χ1v) is 7.14. The largest absolute Gasteiger partial charge is 0.481 e. The van der Waals surface area contributed by atoms with Gasteiger partial charge < -0.3 is 5.11 Å². The lowest BCUT2D eigenvalue weighted by molar-refractivity contribution is -0.137. The van der Waals surface area contributed by atoms with E-state index in [1.807, 2.05) is 0 Å². The molecule has 0 saturated carbocycles. The molecule has 0 spiro atoms. The second-order valence-corrected chi connectivity index (χ2v) is 4.64. The average Bonchev–Trinajstić information content (AvgIpc) is 2.30. The summed E-state index contributed by atoms with van der Waals surface area (Å²) in [7, 11) is 0. The average molecular weight is 240 g/mol. The van der Waals surface area contributed by atoms with Crippen molar-refractivity contribution in [3.63, 3.8) is 0 Å². The maximum absolute atomic E-state index is 10.3. The molecule has 0 radical (unpaired) electrons. The van der Waals surface area contributed by atoms with Crippen molar-refractivity contribution in [3.8, 4) is 0 Å². The van der Waals surface area contributed by atoms with Gasteiger partial charge in [0, 0.05) is 6.42 Å². The van der Waals surface area contributed by atoms with Gasteiger partial charge >= 0.3 is 5.97 Å². The number of carboxylic acids is 1. The molecule has 2 nitrogen and oxygen atoms in total. The van der Waals surface area contributed by atoms with Crippen LogP contribution in [0.3, 0.4) is 0 Å². The van der Waals surface area contributed by atoms with E-state index in [1.165, 1.54) is 44.9 Å². The van der Waals surface area contributed by atoms with Gasteiger partial charge in [0.25, 0.3) is 0 Å². The van der Waals surface area contributed by atoms with Crippen LogP contribution in [0.15, 0.2) is 12.2 Å². The Morgan fingerprint density at radius 3 is 1.94 bits per heavy atom. The van der Waals surface area contributed by atoms with Crippen molar-refractivity contribution < 1.29 is 9.90 Å². The molecule has 0 amide bonds. The Labute approximate surface area is 106 Å². The zero-order valence-corrected chi connectivity index (χ0v) is 11.3. The number of unbranched alkanes of at least 4 members (excludes halogenated alkanes) is 8. The van der Waals surface area contributed by atoms with E-state index < -0.39 is 5.97 Å². The third-order valence-electron chi connectivity index (χ3n) is 2.91. The van der Waals surface area contributed by atoms with Crippen LogP contribution in [0.2, 0.25) is 0 Å². The Morgan fingerprint density at radius 2 is 1.41 bits per heavy atom. The van der Waals surface area contributed by atoms with Crippen LogP contribution in [0.25, 0.3) is 0 Å². The molecule has 0 aromatic rings. The van der Waals surface area contributed by atoms with Gasteiger partial charge in [0.1, 0.15) is 0 Å². The molecule has 100 valence electrons. The number of carboxylic acid groups (broad SMARTS) is 1. The molecule has 0 aromatic heterocycles. The quantitative estimate of drug-likeness (QED) is 0.387. The highest BCUT2D eigenvalue weighted by Gasteiger charge is 1.96. The maximum Gasteiger partial charge on any atom is 0.303 e. The number of rotatable bonds is 12. The highest BCUT2D eigenvalue weighted by Crippen LogP contribution is 2.10. The fraction of sp³-hybridized carbons (Fsp3) is 0.800. The first-order valence-electron chi connectivity index (χ1n) is 7.14. The van der Waals surface area contributed by atoms with E-state index in [9.17, 15) is 4.79 Å². The minimum Gasteiger partial charge on any atom is -0.481 e. The number of carbonyl (C=O) groups is 1. The van der Waals surface area contributed by atoms with Gasteiger partial charge in [-0.15, -0.1) is 0 Å². The topological polar surface area (TPSA) is 37.3 Å². The highest BCUT2D eigenvalue weighted by atomic mass is 16.4. The summed E-state index contributed by atoms with van der Waals surface area (Å²) < 4.78 is 0. The summed E-state index contributed by atoms with van der Waals surface area (Å²) in [6, 6.07) is 0. The Bertz CT molecular complexity index is 197. The van der Waals surface area contributed by atoms with Crippen LogP contribution < -0.4 is 0 Å². The maximum atomic E-state index is 10.3. The van der Waals surface area contributed by atoms with Gasteiger partial charge in [-0.05, 0) is 25.7 Å². The monoisotopic (exact) mass is 240 g/mol. The number of allylic oxidation sites excluding steroid dienone is 2. The minimum atomic E-state index is -0.662. The zero-order valence-electron chi connectivity index (χ0n) is 11.3. The van der Waals surface area contributed by atoms with Crippen molar-refractivity contribution in [1.82, 2.24) is 0 Å². The molecule has 1 N–H and O–H groups in total. The van der Waals surface area contributed by atoms with E-state index in [2.05, 4.69) is 19.1 Å². The van der Waals surface area contributed by atoms with Gasteiger partial charge in [0.15, 0.2) is 0 Å². The number of aliphatic carboxylic acids is 1. The predicted octanol–water partition coefficient (Wildman–Crippen LogP) is 4.94. The Morgan fingerprint density at radius 1 is 0.882 bits per heavy atom. The van der Waals surface area contributed by atoms with Gasteiger partial charge in [-0.25, -0.2) is 0 Å². The summed E-state index contributed by atoms with van der Waals surface area (Å²) in [6.07, 6.45) is 16.9. The standard InChI is InChI=1S/C15H28O2/c1-2-3-4-5-6-7-8-9-10-11-12-13-14-15(16)17/h3-4H,2,5-14H2,1H3,(H,16,17)/b4-3+. The molecule has 0 aliphatic heterocycles.